The van der Waals surface area contributed by atoms with Crippen molar-refractivity contribution in [3.05, 3.63) is 41.8 Å². The Morgan fingerprint density at radius 1 is 1.43 bits per heavy atom. The number of nitrogens with zero attached hydrogens (tertiary/aromatic N) is 2. The average molecular weight is 289 g/mol. The highest BCUT2D eigenvalue weighted by Gasteiger charge is 2.28. The molecule has 3 rings (SSSR count). The number of hydrogen-bond acceptors (Lipinski definition) is 3. The Morgan fingerprint density at radius 2 is 2.24 bits per heavy atom. The summed E-state index contributed by atoms with van der Waals surface area (Å²) in [6, 6.07) is 5.92. The lowest BCUT2D eigenvalue weighted by molar-refractivity contribution is 0.455. The first-order valence-corrected chi connectivity index (χ1v) is 7.44. The van der Waals surface area contributed by atoms with Crippen LogP contribution in [0.3, 0.4) is 0 Å². The van der Waals surface area contributed by atoms with E-state index in [0.29, 0.717) is 11.5 Å². The van der Waals surface area contributed by atoms with E-state index in [1.807, 2.05) is 17.7 Å². The minimum absolute atomic E-state index is 0.102. The Labute approximate surface area is 123 Å². The quantitative estimate of drug-likeness (QED) is 0.852. The number of aromatic nitrogens is 2. The van der Waals surface area contributed by atoms with Crippen LogP contribution in [0, 0.1) is 11.7 Å². The number of anilines is 1. The Hall–Kier alpha value is -2.04. The molecule has 1 heterocycles. The van der Waals surface area contributed by atoms with E-state index in [1.165, 1.54) is 31.0 Å². The molecule has 112 valence electrons. The van der Waals surface area contributed by atoms with Crippen molar-refractivity contribution in [3.63, 3.8) is 0 Å². The van der Waals surface area contributed by atoms with Crippen molar-refractivity contribution in [1.29, 1.82) is 0 Å². The number of aryl methyl sites for hydroxylation is 1. The molecule has 0 spiro atoms. The van der Waals surface area contributed by atoms with Gasteiger partial charge in [-0.3, -0.25) is 4.68 Å². The Morgan fingerprint density at radius 3 is 2.95 bits per heavy atom. The SMILES string of the molecule is CCn1nccc1NC(CC1CC1)c1cc(F)ccc1O. The maximum absolute atomic E-state index is 13.5. The van der Waals surface area contributed by atoms with Crippen molar-refractivity contribution >= 4 is 5.82 Å². The molecule has 0 saturated heterocycles. The second-order valence-electron chi connectivity index (χ2n) is 5.61. The zero-order chi connectivity index (χ0) is 14.8. The predicted molar refractivity (Wildman–Crippen MR) is 79.7 cm³/mol. The van der Waals surface area contributed by atoms with Gasteiger partial charge in [0.05, 0.1) is 12.2 Å². The van der Waals surface area contributed by atoms with Crippen LogP contribution in [0.15, 0.2) is 30.5 Å². The van der Waals surface area contributed by atoms with E-state index in [-0.39, 0.29) is 17.6 Å². The first-order valence-electron chi connectivity index (χ1n) is 7.44. The van der Waals surface area contributed by atoms with Crippen LogP contribution in [0.4, 0.5) is 10.2 Å². The molecule has 0 amide bonds. The molecule has 21 heavy (non-hydrogen) atoms. The van der Waals surface area contributed by atoms with Crippen molar-refractivity contribution in [1.82, 2.24) is 9.78 Å². The van der Waals surface area contributed by atoms with Crippen LogP contribution < -0.4 is 5.32 Å². The normalized spacial score (nSPS) is 15.9. The molecule has 2 aromatic rings. The number of halogens is 1. The summed E-state index contributed by atoms with van der Waals surface area (Å²) in [5, 5.41) is 17.7. The molecule has 1 fully saturated rings. The van der Waals surface area contributed by atoms with Gasteiger partial charge in [-0.25, -0.2) is 4.39 Å². The van der Waals surface area contributed by atoms with E-state index in [4.69, 9.17) is 0 Å². The van der Waals surface area contributed by atoms with Crippen LogP contribution in [-0.2, 0) is 6.54 Å². The lowest BCUT2D eigenvalue weighted by atomic mass is 10.00. The number of phenolic OH excluding ortho intramolecular Hbond substituents is 1. The highest BCUT2D eigenvalue weighted by Crippen LogP contribution is 2.41. The molecular weight excluding hydrogens is 269 g/mol. The summed E-state index contributed by atoms with van der Waals surface area (Å²) in [6.45, 7) is 2.79. The summed E-state index contributed by atoms with van der Waals surface area (Å²) in [5.74, 6) is 1.36. The highest BCUT2D eigenvalue weighted by molar-refractivity contribution is 5.43. The van der Waals surface area contributed by atoms with E-state index in [2.05, 4.69) is 10.4 Å². The van der Waals surface area contributed by atoms with Gasteiger partial charge in [-0.15, -0.1) is 0 Å². The van der Waals surface area contributed by atoms with Crippen LogP contribution in [0.1, 0.15) is 37.8 Å². The standard InChI is InChI=1S/C16H20FN3O/c1-2-20-16(7-8-18-20)19-14(9-11-3-4-11)13-10-12(17)5-6-15(13)21/h5-8,10-11,14,19,21H,2-4,9H2,1H3. The van der Waals surface area contributed by atoms with E-state index in [1.54, 1.807) is 6.20 Å². The van der Waals surface area contributed by atoms with Crippen LogP contribution in [0.2, 0.25) is 0 Å². The minimum Gasteiger partial charge on any atom is -0.508 e. The third kappa shape index (κ3) is 3.17. The summed E-state index contributed by atoms with van der Waals surface area (Å²) in [7, 11) is 0. The third-order valence-corrected chi connectivity index (χ3v) is 3.97. The molecular formula is C16H20FN3O. The summed E-state index contributed by atoms with van der Waals surface area (Å²) in [5.41, 5.74) is 0.616. The molecule has 1 aliphatic carbocycles. The zero-order valence-electron chi connectivity index (χ0n) is 12.1. The number of phenols is 1. The fourth-order valence-electron chi connectivity index (χ4n) is 2.64. The van der Waals surface area contributed by atoms with Crippen LogP contribution in [0.25, 0.3) is 0 Å². The number of hydrogen-bond donors (Lipinski definition) is 2. The highest BCUT2D eigenvalue weighted by atomic mass is 19.1. The van der Waals surface area contributed by atoms with Gasteiger partial charge in [-0.05, 0) is 37.5 Å². The Kier molecular flexibility index (Phi) is 3.82. The second-order valence-corrected chi connectivity index (χ2v) is 5.61. The Bertz CT molecular complexity index is 622. The maximum Gasteiger partial charge on any atom is 0.124 e. The van der Waals surface area contributed by atoms with Crippen molar-refractivity contribution in [2.75, 3.05) is 5.32 Å². The van der Waals surface area contributed by atoms with Crippen molar-refractivity contribution in [2.24, 2.45) is 5.92 Å². The number of nitrogens with one attached hydrogen (secondary N) is 1. The lowest BCUT2D eigenvalue weighted by Crippen LogP contribution is -2.15. The first-order chi connectivity index (χ1) is 10.2. The molecule has 0 radical (unpaired) electrons. The molecule has 1 unspecified atom stereocenters. The van der Waals surface area contributed by atoms with Gasteiger partial charge in [0, 0.05) is 18.2 Å². The molecule has 2 N–H and O–H groups in total. The fraction of sp³-hybridized carbons (Fsp3) is 0.438. The van der Waals surface area contributed by atoms with Gasteiger partial charge in [0.2, 0.25) is 0 Å². The smallest absolute Gasteiger partial charge is 0.124 e. The van der Waals surface area contributed by atoms with Crippen LogP contribution >= 0.6 is 0 Å². The number of benzene rings is 1. The zero-order valence-corrected chi connectivity index (χ0v) is 12.1. The predicted octanol–water partition coefficient (Wildman–Crippen LogP) is 3.70. The van der Waals surface area contributed by atoms with Crippen LogP contribution in [0.5, 0.6) is 5.75 Å². The third-order valence-electron chi connectivity index (χ3n) is 3.97. The molecule has 1 aromatic heterocycles. The van der Waals surface area contributed by atoms with Gasteiger partial charge in [-0.2, -0.15) is 5.10 Å². The first kappa shape index (κ1) is 13.9. The summed E-state index contributed by atoms with van der Waals surface area (Å²) in [4.78, 5) is 0. The van der Waals surface area contributed by atoms with Gasteiger partial charge < -0.3 is 10.4 Å². The van der Waals surface area contributed by atoms with E-state index in [0.717, 1.165) is 18.8 Å². The van der Waals surface area contributed by atoms with Gasteiger partial charge in [-0.1, -0.05) is 12.8 Å². The van der Waals surface area contributed by atoms with E-state index >= 15 is 0 Å². The summed E-state index contributed by atoms with van der Waals surface area (Å²) in [6.07, 6.45) is 5.06. The van der Waals surface area contributed by atoms with Gasteiger partial charge in [0.15, 0.2) is 0 Å². The maximum atomic E-state index is 13.5. The summed E-state index contributed by atoms with van der Waals surface area (Å²) < 4.78 is 15.4. The van der Waals surface area contributed by atoms with Gasteiger partial charge in [0.1, 0.15) is 17.4 Å². The van der Waals surface area contributed by atoms with Gasteiger partial charge in [0.25, 0.3) is 0 Å². The molecule has 1 aliphatic rings. The van der Waals surface area contributed by atoms with E-state index < -0.39 is 0 Å². The average Bonchev–Trinajstić information content (AvgIpc) is 3.17. The molecule has 0 bridgehead atoms. The van der Waals surface area contributed by atoms with Crippen molar-refractivity contribution < 1.29 is 9.50 Å². The minimum atomic E-state index is -0.325. The van der Waals surface area contributed by atoms with Crippen molar-refractivity contribution in [2.45, 2.75) is 38.8 Å². The van der Waals surface area contributed by atoms with Crippen molar-refractivity contribution in [3.8, 4) is 5.75 Å². The monoisotopic (exact) mass is 289 g/mol. The lowest BCUT2D eigenvalue weighted by Gasteiger charge is -2.21. The molecule has 1 saturated carbocycles. The number of aromatic hydroxyl groups is 1. The fourth-order valence-corrected chi connectivity index (χ4v) is 2.64. The molecule has 5 heteroatoms. The van der Waals surface area contributed by atoms with Gasteiger partial charge >= 0.3 is 0 Å². The number of rotatable bonds is 6. The topological polar surface area (TPSA) is 50.1 Å². The summed E-state index contributed by atoms with van der Waals surface area (Å²) >= 11 is 0. The molecule has 0 aliphatic heterocycles. The second kappa shape index (κ2) is 5.76. The van der Waals surface area contributed by atoms with E-state index in [9.17, 15) is 9.50 Å². The molecule has 4 nitrogen and oxygen atoms in total. The van der Waals surface area contributed by atoms with Crippen LogP contribution in [-0.4, -0.2) is 14.9 Å². The molecule has 1 atom stereocenters. The Balaban J connectivity index is 1.88. The largest absolute Gasteiger partial charge is 0.508 e. The molecule has 1 aromatic carbocycles.